The summed E-state index contributed by atoms with van der Waals surface area (Å²) in [7, 11) is 0. The molecule has 0 radical (unpaired) electrons. The van der Waals surface area contributed by atoms with Crippen LogP contribution < -0.4 is 4.74 Å². The van der Waals surface area contributed by atoms with Crippen LogP contribution in [0.3, 0.4) is 0 Å². The largest absolute Gasteiger partial charge is 0.486 e. The summed E-state index contributed by atoms with van der Waals surface area (Å²) in [6.45, 7) is 3.57. The maximum Gasteiger partial charge on any atom is 0.163 e. The van der Waals surface area contributed by atoms with Gasteiger partial charge in [-0.3, -0.25) is 4.79 Å². The van der Waals surface area contributed by atoms with Gasteiger partial charge in [-0.2, -0.15) is 0 Å². The number of rotatable bonds is 4. The van der Waals surface area contributed by atoms with Gasteiger partial charge in [-0.05, 0) is 32.0 Å². The number of benzene rings is 1. The van der Waals surface area contributed by atoms with E-state index in [0.717, 1.165) is 10.7 Å². The number of ketones is 1. The van der Waals surface area contributed by atoms with E-state index in [4.69, 9.17) is 4.74 Å². The summed E-state index contributed by atoms with van der Waals surface area (Å²) in [5, 5.41) is 2.75. The van der Waals surface area contributed by atoms with Crippen molar-refractivity contribution in [3.05, 3.63) is 45.7 Å². The maximum absolute atomic E-state index is 13.1. The van der Waals surface area contributed by atoms with Crippen LogP contribution in [0.25, 0.3) is 0 Å². The molecule has 2 aromatic rings. The number of Topliss-reactive ketones (excluding diaryl/α,β-unsaturated/α-hetero) is 1. The van der Waals surface area contributed by atoms with Gasteiger partial charge in [0.25, 0.3) is 0 Å². The van der Waals surface area contributed by atoms with Gasteiger partial charge in [0.15, 0.2) is 5.78 Å². The van der Waals surface area contributed by atoms with Crippen molar-refractivity contribution in [1.82, 2.24) is 4.98 Å². The molecule has 1 aromatic carbocycles. The van der Waals surface area contributed by atoms with E-state index in [0.29, 0.717) is 5.75 Å². The first-order chi connectivity index (χ1) is 8.56. The van der Waals surface area contributed by atoms with Gasteiger partial charge in [-0.25, -0.2) is 9.37 Å². The van der Waals surface area contributed by atoms with Gasteiger partial charge in [0.1, 0.15) is 23.2 Å². The van der Waals surface area contributed by atoms with Gasteiger partial charge in [0, 0.05) is 11.1 Å². The number of ether oxygens (including phenoxy) is 1. The fraction of sp³-hybridized carbons (Fsp3) is 0.231. The molecule has 0 N–H and O–H groups in total. The van der Waals surface area contributed by atoms with Crippen LogP contribution in [0.1, 0.15) is 28.0 Å². The lowest BCUT2D eigenvalue weighted by Gasteiger charge is -2.08. The van der Waals surface area contributed by atoms with Crippen molar-refractivity contribution in [1.29, 1.82) is 0 Å². The molecule has 0 amide bonds. The number of aryl methyl sites for hydroxylation is 1. The van der Waals surface area contributed by atoms with Crippen LogP contribution in [-0.2, 0) is 6.61 Å². The van der Waals surface area contributed by atoms with E-state index in [2.05, 4.69) is 4.98 Å². The second kappa shape index (κ2) is 5.27. The number of carbonyl (C=O) groups excluding carboxylic acids is 1. The molecule has 18 heavy (non-hydrogen) atoms. The molecule has 0 aliphatic heterocycles. The Hall–Kier alpha value is -1.75. The molecule has 0 saturated heterocycles. The van der Waals surface area contributed by atoms with Gasteiger partial charge < -0.3 is 4.74 Å². The van der Waals surface area contributed by atoms with Crippen LogP contribution >= 0.6 is 11.3 Å². The molecule has 0 fully saturated rings. The standard InChI is InChI=1S/C13H12FNO2S/c1-8-7-18-13(15-8)6-17-12-4-3-10(14)5-11(12)9(2)16/h3-5,7H,6H2,1-2H3. The number of halogens is 1. The first kappa shape index (κ1) is 12.7. The summed E-state index contributed by atoms with van der Waals surface area (Å²) in [5.74, 6) is -0.283. The van der Waals surface area contributed by atoms with Crippen LogP contribution in [-0.4, -0.2) is 10.8 Å². The lowest BCUT2D eigenvalue weighted by Crippen LogP contribution is -2.02. The topological polar surface area (TPSA) is 39.2 Å². The van der Waals surface area contributed by atoms with Crippen molar-refractivity contribution < 1.29 is 13.9 Å². The summed E-state index contributed by atoms with van der Waals surface area (Å²) in [6, 6.07) is 3.92. The van der Waals surface area contributed by atoms with Crippen molar-refractivity contribution in [2.24, 2.45) is 0 Å². The molecular formula is C13H12FNO2S. The average Bonchev–Trinajstić information content (AvgIpc) is 2.73. The predicted molar refractivity (Wildman–Crippen MR) is 67.6 cm³/mol. The Bertz CT molecular complexity index is 580. The van der Waals surface area contributed by atoms with Crippen molar-refractivity contribution >= 4 is 17.1 Å². The molecule has 0 aliphatic carbocycles. The lowest BCUT2D eigenvalue weighted by atomic mass is 10.1. The fourth-order valence-electron chi connectivity index (χ4n) is 1.51. The molecule has 94 valence electrons. The molecule has 0 aliphatic rings. The Morgan fingerprint density at radius 2 is 2.28 bits per heavy atom. The van der Waals surface area contributed by atoms with Crippen molar-refractivity contribution in [3.8, 4) is 5.75 Å². The van der Waals surface area contributed by atoms with Crippen molar-refractivity contribution in [2.75, 3.05) is 0 Å². The normalized spacial score (nSPS) is 10.4. The monoisotopic (exact) mass is 265 g/mol. The Labute approximate surface area is 108 Å². The van der Waals surface area contributed by atoms with Crippen molar-refractivity contribution in [3.63, 3.8) is 0 Å². The summed E-state index contributed by atoms with van der Waals surface area (Å²) < 4.78 is 18.6. The first-order valence-electron chi connectivity index (χ1n) is 5.40. The van der Waals surface area contributed by atoms with Crippen LogP contribution in [0.5, 0.6) is 5.75 Å². The zero-order chi connectivity index (χ0) is 13.1. The quantitative estimate of drug-likeness (QED) is 0.796. The van der Waals surface area contributed by atoms with Crippen LogP contribution in [0.15, 0.2) is 23.6 Å². The molecule has 0 spiro atoms. The van der Waals surface area contributed by atoms with Gasteiger partial charge >= 0.3 is 0 Å². The molecule has 0 bridgehead atoms. The Morgan fingerprint density at radius 1 is 1.50 bits per heavy atom. The third-order valence-corrected chi connectivity index (χ3v) is 3.28. The number of hydrogen-bond acceptors (Lipinski definition) is 4. The number of carbonyl (C=O) groups is 1. The van der Waals surface area contributed by atoms with Gasteiger partial charge in [-0.1, -0.05) is 0 Å². The number of nitrogens with zero attached hydrogens (tertiary/aromatic N) is 1. The highest BCUT2D eigenvalue weighted by atomic mass is 32.1. The zero-order valence-electron chi connectivity index (χ0n) is 10.1. The molecule has 3 nitrogen and oxygen atoms in total. The minimum Gasteiger partial charge on any atom is -0.486 e. The summed E-state index contributed by atoms with van der Waals surface area (Å²) in [5.41, 5.74) is 1.19. The Kier molecular flexibility index (Phi) is 3.72. The molecule has 0 saturated carbocycles. The number of hydrogen-bond donors (Lipinski definition) is 0. The van der Waals surface area contributed by atoms with E-state index >= 15 is 0 Å². The van der Waals surface area contributed by atoms with Gasteiger partial charge in [-0.15, -0.1) is 11.3 Å². The lowest BCUT2D eigenvalue weighted by molar-refractivity contribution is 0.101. The Morgan fingerprint density at radius 3 is 2.89 bits per heavy atom. The zero-order valence-corrected chi connectivity index (χ0v) is 10.9. The van der Waals surface area contributed by atoms with E-state index in [1.165, 1.54) is 36.5 Å². The second-order valence-corrected chi connectivity index (χ2v) is 4.81. The second-order valence-electron chi connectivity index (χ2n) is 3.87. The number of thiazole rings is 1. The summed E-state index contributed by atoms with van der Waals surface area (Å²) in [4.78, 5) is 15.6. The summed E-state index contributed by atoms with van der Waals surface area (Å²) in [6.07, 6.45) is 0. The fourth-order valence-corrected chi connectivity index (χ4v) is 2.19. The molecular weight excluding hydrogens is 253 g/mol. The number of aromatic nitrogens is 1. The molecule has 0 atom stereocenters. The van der Waals surface area contributed by atoms with Crippen LogP contribution in [0.2, 0.25) is 0 Å². The predicted octanol–water partition coefficient (Wildman–Crippen LogP) is 3.37. The third-order valence-electron chi connectivity index (χ3n) is 2.34. The summed E-state index contributed by atoms with van der Waals surface area (Å²) >= 11 is 1.49. The van der Waals surface area contributed by atoms with Gasteiger partial charge in [0.2, 0.25) is 0 Å². The highest BCUT2D eigenvalue weighted by Crippen LogP contribution is 2.22. The molecule has 1 heterocycles. The smallest absolute Gasteiger partial charge is 0.163 e. The molecule has 0 unspecified atom stereocenters. The minimum atomic E-state index is -0.447. The maximum atomic E-state index is 13.1. The van der Waals surface area contributed by atoms with Crippen LogP contribution in [0, 0.1) is 12.7 Å². The molecule has 2 rings (SSSR count). The highest BCUT2D eigenvalue weighted by Gasteiger charge is 2.10. The SMILES string of the molecule is CC(=O)c1cc(F)ccc1OCc1nc(C)cs1. The minimum absolute atomic E-state index is 0.222. The highest BCUT2D eigenvalue weighted by molar-refractivity contribution is 7.09. The third kappa shape index (κ3) is 2.92. The van der Waals surface area contributed by atoms with E-state index in [1.54, 1.807) is 0 Å². The first-order valence-corrected chi connectivity index (χ1v) is 6.28. The van der Waals surface area contributed by atoms with E-state index in [9.17, 15) is 9.18 Å². The van der Waals surface area contributed by atoms with E-state index in [-0.39, 0.29) is 18.0 Å². The molecule has 1 aromatic heterocycles. The van der Waals surface area contributed by atoms with Crippen molar-refractivity contribution in [2.45, 2.75) is 20.5 Å². The van der Waals surface area contributed by atoms with Crippen LogP contribution in [0.4, 0.5) is 4.39 Å². The Balaban J connectivity index is 2.16. The van der Waals surface area contributed by atoms with E-state index < -0.39 is 5.82 Å². The molecule has 5 heteroatoms. The van der Waals surface area contributed by atoms with E-state index in [1.807, 2.05) is 12.3 Å². The average molecular weight is 265 g/mol. The van der Waals surface area contributed by atoms with Gasteiger partial charge in [0.05, 0.1) is 5.56 Å².